The molecule has 6 nitrogen and oxygen atoms in total. The summed E-state index contributed by atoms with van der Waals surface area (Å²) in [4.78, 5) is 30.8. The number of nitrogens with zero attached hydrogens (tertiary/aromatic N) is 2. The average Bonchev–Trinajstić information content (AvgIpc) is 3.22. The monoisotopic (exact) mass is 508 g/mol. The largest absolute Gasteiger partial charge is 0.496 e. The Morgan fingerprint density at radius 2 is 1.78 bits per heavy atom. The van der Waals surface area contributed by atoms with E-state index < -0.39 is 0 Å². The number of hydrogen-bond acceptors (Lipinski definition) is 6. The molecular weight excluding hydrogens is 484 g/mol. The van der Waals surface area contributed by atoms with Crippen LogP contribution in [0.3, 0.4) is 0 Å². The van der Waals surface area contributed by atoms with Crippen LogP contribution in [0.2, 0.25) is 0 Å². The van der Waals surface area contributed by atoms with Crippen LogP contribution < -0.4 is 24.4 Å². The van der Waals surface area contributed by atoms with Gasteiger partial charge in [-0.2, -0.15) is 0 Å². The first-order chi connectivity index (χ1) is 18.0. The number of benzene rings is 3. The van der Waals surface area contributed by atoms with Gasteiger partial charge in [0.15, 0.2) is 4.80 Å². The molecule has 0 radical (unpaired) electrons. The van der Waals surface area contributed by atoms with Crippen molar-refractivity contribution in [3.63, 3.8) is 0 Å². The van der Waals surface area contributed by atoms with Crippen LogP contribution in [0, 0.1) is 0 Å². The maximum absolute atomic E-state index is 13.9. The minimum atomic E-state index is -0.372. The second-order valence-electron chi connectivity index (χ2n) is 9.02. The number of fused-ring (bicyclic) bond motifs is 3. The number of rotatable bonds is 4. The van der Waals surface area contributed by atoms with Gasteiger partial charge in [-0.05, 0) is 53.8 Å². The van der Waals surface area contributed by atoms with E-state index in [9.17, 15) is 9.59 Å². The molecule has 1 aliphatic heterocycles. The first kappa shape index (κ1) is 23.2. The van der Waals surface area contributed by atoms with Gasteiger partial charge >= 0.3 is 5.97 Å². The fraction of sp³-hybridized carbons (Fsp3) is 0.167. The Morgan fingerprint density at radius 3 is 2.57 bits per heavy atom. The van der Waals surface area contributed by atoms with Crippen molar-refractivity contribution in [3.05, 3.63) is 120 Å². The molecule has 3 aromatic carbocycles. The average molecular weight is 509 g/mol. The lowest BCUT2D eigenvalue weighted by Gasteiger charge is -2.31. The SMILES string of the molecule is COc1ccccc1[C@H]1C2=C(N=c3s/c(=C\c4ccc(OC(C)=O)cc4)c(=O)n31)c1ccccc1CC2. The van der Waals surface area contributed by atoms with Crippen molar-refractivity contribution < 1.29 is 14.3 Å². The number of methoxy groups -OCH3 is 1. The van der Waals surface area contributed by atoms with Crippen LogP contribution >= 0.6 is 11.3 Å². The number of thiazole rings is 1. The molecule has 0 N–H and O–H groups in total. The highest BCUT2D eigenvalue weighted by Gasteiger charge is 2.33. The highest BCUT2D eigenvalue weighted by atomic mass is 32.1. The molecule has 37 heavy (non-hydrogen) atoms. The molecule has 1 aliphatic carbocycles. The lowest BCUT2D eigenvalue weighted by Crippen LogP contribution is -2.38. The lowest BCUT2D eigenvalue weighted by atomic mass is 9.83. The van der Waals surface area contributed by atoms with Gasteiger partial charge in [-0.1, -0.05) is 65.9 Å². The van der Waals surface area contributed by atoms with Crippen LogP contribution in [0.4, 0.5) is 0 Å². The van der Waals surface area contributed by atoms with Crippen LogP contribution in [-0.2, 0) is 11.2 Å². The highest BCUT2D eigenvalue weighted by molar-refractivity contribution is 7.07. The van der Waals surface area contributed by atoms with Gasteiger partial charge in [-0.3, -0.25) is 14.2 Å². The Kier molecular flexibility index (Phi) is 5.85. The third-order valence-corrected chi connectivity index (χ3v) is 7.73. The number of aromatic nitrogens is 1. The lowest BCUT2D eigenvalue weighted by molar-refractivity contribution is -0.131. The summed E-state index contributed by atoms with van der Waals surface area (Å²) < 4.78 is 13.3. The van der Waals surface area contributed by atoms with Crippen LogP contribution in [-0.4, -0.2) is 17.6 Å². The van der Waals surface area contributed by atoms with Crippen LogP contribution in [0.5, 0.6) is 11.5 Å². The van der Waals surface area contributed by atoms with Gasteiger partial charge in [0.25, 0.3) is 5.56 Å². The van der Waals surface area contributed by atoms with Gasteiger partial charge in [0.1, 0.15) is 11.5 Å². The fourth-order valence-electron chi connectivity index (χ4n) is 5.14. The molecule has 0 bridgehead atoms. The summed E-state index contributed by atoms with van der Waals surface area (Å²) >= 11 is 1.38. The number of carbonyl (C=O) groups excluding carboxylic acids is 1. The maximum atomic E-state index is 13.9. The Morgan fingerprint density at radius 1 is 1.03 bits per heavy atom. The quantitative estimate of drug-likeness (QED) is 0.305. The number of ether oxygens (including phenoxy) is 2. The minimum absolute atomic E-state index is 0.0888. The number of esters is 1. The molecule has 6 rings (SSSR count). The van der Waals surface area contributed by atoms with Gasteiger partial charge in [-0.15, -0.1) is 0 Å². The van der Waals surface area contributed by atoms with Crippen molar-refractivity contribution in [3.8, 4) is 11.5 Å². The standard InChI is InChI=1S/C30H24N2O4S/c1-18(33)36-21-14-11-19(12-15-21)17-26-29(34)32-28(23-9-5-6-10-25(23)35-2)24-16-13-20-7-3-4-8-22(20)27(24)31-30(32)37-26/h3-12,14-15,17,28H,13,16H2,1-2H3/b26-17-/t28-/m0/s1. The summed E-state index contributed by atoms with van der Waals surface area (Å²) in [5.41, 5.74) is 6.19. The Hall–Kier alpha value is -4.23. The molecule has 4 aromatic rings. The molecule has 184 valence electrons. The Labute approximate surface area is 217 Å². The molecule has 0 spiro atoms. The van der Waals surface area contributed by atoms with Gasteiger partial charge in [0, 0.05) is 18.1 Å². The summed E-state index contributed by atoms with van der Waals surface area (Å²) in [5, 5.41) is 0. The smallest absolute Gasteiger partial charge is 0.308 e. The van der Waals surface area contributed by atoms with Crippen molar-refractivity contribution in [1.29, 1.82) is 0 Å². The minimum Gasteiger partial charge on any atom is -0.496 e. The molecule has 1 atom stereocenters. The summed E-state index contributed by atoms with van der Waals surface area (Å²) in [6, 6.07) is 23.1. The first-order valence-electron chi connectivity index (χ1n) is 12.1. The highest BCUT2D eigenvalue weighted by Crippen LogP contribution is 2.43. The number of para-hydroxylation sites is 1. The predicted octanol–water partition coefficient (Wildman–Crippen LogP) is 4.25. The fourth-order valence-corrected chi connectivity index (χ4v) is 6.14. The van der Waals surface area contributed by atoms with Crippen molar-refractivity contribution in [2.24, 2.45) is 4.99 Å². The van der Waals surface area contributed by atoms with E-state index in [1.807, 2.05) is 53.1 Å². The van der Waals surface area contributed by atoms with E-state index in [2.05, 4.69) is 18.2 Å². The third kappa shape index (κ3) is 4.11. The van der Waals surface area contributed by atoms with E-state index in [0.29, 0.717) is 15.1 Å². The summed E-state index contributed by atoms with van der Waals surface area (Å²) in [7, 11) is 1.66. The van der Waals surface area contributed by atoms with Gasteiger partial charge in [0.2, 0.25) is 0 Å². The van der Waals surface area contributed by atoms with Crippen LogP contribution in [0.25, 0.3) is 11.8 Å². The van der Waals surface area contributed by atoms with Crippen molar-refractivity contribution in [1.82, 2.24) is 4.57 Å². The van der Waals surface area contributed by atoms with Gasteiger partial charge < -0.3 is 9.47 Å². The Balaban J connectivity index is 1.56. The first-order valence-corrected chi connectivity index (χ1v) is 12.9. The number of aryl methyl sites for hydroxylation is 1. The zero-order valence-electron chi connectivity index (χ0n) is 20.4. The molecule has 0 amide bonds. The molecule has 0 saturated carbocycles. The molecule has 0 unspecified atom stereocenters. The molecule has 1 aromatic heterocycles. The number of allylic oxidation sites excluding steroid dienone is 1. The van der Waals surface area contributed by atoms with E-state index in [-0.39, 0.29) is 17.6 Å². The normalized spacial score (nSPS) is 16.4. The van der Waals surface area contributed by atoms with E-state index in [1.165, 1.54) is 23.8 Å². The molecule has 2 heterocycles. The summed E-state index contributed by atoms with van der Waals surface area (Å²) in [6.07, 6.45) is 3.58. The second kappa shape index (κ2) is 9.33. The van der Waals surface area contributed by atoms with E-state index >= 15 is 0 Å². The van der Waals surface area contributed by atoms with Crippen molar-refractivity contribution >= 4 is 29.1 Å². The zero-order valence-corrected chi connectivity index (χ0v) is 21.2. The number of hydrogen-bond donors (Lipinski definition) is 0. The summed E-state index contributed by atoms with van der Waals surface area (Å²) in [5.74, 6) is 0.840. The van der Waals surface area contributed by atoms with Gasteiger partial charge in [-0.25, -0.2) is 4.99 Å². The van der Waals surface area contributed by atoms with Crippen LogP contribution in [0.15, 0.2) is 88.2 Å². The van der Waals surface area contributed by atoms with Crippen LogP contribution in [0.1, 0.15) is 41.6 Å². The third-order valence-electron chi connectivity index (χ3n) is 6.75. The molecular formula is C30H24N2O4S. The van der Waals surface area contributed by atoms with Gasteiger partial charge in [0.05, 0.1) is 23.4 Å². The second-order valence-corrected chi connectivity index (χ2v) is 10.0. The van der Waals surface area contributed by atoms with E-state index in [0.717, 1.165) is 46.6 Å². The van der Waals surface area contributed by atoms with E-state index in [1.54, 1.807) is 19.2 Å². The topological polar surface area (TPSA) is 69.9 Å². The van der Waals surface area contributed by atoms with E-state index in [4.69, 9.17) is 14.5 Å². The Bertz CT molecular complexity index is 1750. The molecule has 0 saturated heterocycles. The van der Waals surface area contributed by atoms with Crippen molar-refractivity contribution in [2.75, 3.05) is 7.11 Å². The predicted molar refractivity (Wildman–Crippen MR) is 143 cm³/mol. The number of carbonyl (C=O) groups is 1. The maximum Gasteiger partial charge on any atom is 0.308 e. The zero-order chi connectivity index (χ0) is 25.5. The van der Waals surface area contributed by atoms with Crippen molar-refractivity contribution in [2.45, 2.75) is 25.8 Å². The molecule has 7 heteroatoms. The summed E-state index contributed by atoms with van der Waals surface area (Å²) in [6.45, 7) is 1.37. The molecule has 2 aliphatic rings. The molecule has 0 fully saturated rings.